The van der Waals surface area contributed by atoms with Crippen LogP contribution in [0.15, 0.2) is 59.6 Å². The molecule has 1 amide bonds. The zero-order chi connectivity index (χ0) is 21.7. The van der Waals surface area contributed by atoms with Gasteiger partial charge in [0.05, 0.1) is 11.6 Å². The van der Waals surface area contributed by atoms with E-state index in [-0.39, 0.29) is 17.4 Å². The van der Waals surface area contributed by atoms with E-state index in [1.807, 2.05) is 13.0 Å². The molecule has 5 rings (SSSR count). The van der Waals surface area contributed by atoms with E-state index in [2.05, 4.69) is 4.98 Å². The van der Waals surface area contributed by atoms with Crippen LogP contribution in [0.5, 0.6) is 5.75 Å². The van der Waals surface area contributed by atoms with Crippen LogP contribution in [-0.4, -0.2) is 27.9 Å². The van der Waals surface area contributed by atoms with Gasteiger partial charge in [0.25, 0.3) is 5.78 Å². The molecular weight excluding hydrogens is 436 g/mol. The summed E-state index contributed by atoms with van der Waals surface area (Å²) < 4.78 is 5.73. The van der Waals surface area contributed by atoms with E-state index >= 15 is 0 Å². The number of aliphatic hydroxyl groups is 1. The lowest BCUT2D eigenvalue weighted by Gasteiger charge is -2.23. The third-order valence-electron chi connectivity index (χ3n) is 5.42. The Morgan fingerprint density at radius 3 is 2.71 bits per heavy atom. The molecule has 0 aliphatic carbocycles. The van der Waals surface area contributed by atoms with Gasteiger partial charge in [0.1, 0.15) is 17.6 Å². The topological polar surface area (TPSA) is 79.7 Å². The number of ether oxygens (including phenoxy) is 1. The fraction of sp³-hybridized carbons (Fsp3) is 0.174. The lowest BCUT2D eigenvalue weighted by Crippen LogP contribution is -2.29. The zero-order valence-electron chi connectivity index (χ0n) is 16.4. The van der Waals surface area contributed by atoms with E-state index in [4.69, 9.17) is 16.3 Å². The number of thiazole rings is 1. The first-order valence-electron chi connectivity index (χ1n) is 9.70. The highest BCUT2D eigenvalue weighted by Gasteiger charge is 2.48. The highest BCUT2D eigenvalue weighted by atomic mass is 35.5. The van der Waals surface area contributed by atoms with E-state index in [1.54, 1.807) is 48.0 Å². The number of aliphatic hydroxyl groups excluding tert-OH is 1. The average molecular weight is 453 g/mol. The molecule has 3 heterocycles. The van der Waals surface area contributed by atoms with Crippen molar-refractivity contribution in [2.75, 3.05) is 4.90 Å². The summed E-state index contributed by atoms with van der Waals surface area (Å²) in [6, 6.07) is 11.3. The molecule has 1 aromatic heterocycles. The number of fused-ring (bicyclic) bond motifs is 1. The fourth-order valence-electron chi connectivity index (χ4n) is 4.05. The molecule has 0 saturated carbocycles. The second-order valence-corrected chi connectivity index (χ2v) is 8.80. The molecule has 1 fully saturated rings. The van der Waals surface area contributed by atoms with Crippen LogP contribution < -0.4 is 9.64 Å². The van der Waals surface area contributed by atoms with E-state index in [9.17, 15) is 14.7 Å². The summed E-state index contributed by atoms with van der Waals surface area (Å²) in [7, 11) is 0. The molecule has 2 aromatic carbocycles. The molecule has 0 radical (unpaired) electrons. The number of amides is 1. The highest BCUT2D eigenvalue weighted by molar-refractivity contribution is 7.14. The number of benzene rings is 2. The van der Waals surface area contributed by atoms with Crippen molar-refractivity contribution in [2.45, 2.75) is 25.5 Å². The Morgan fingerprint density at radius 1 is 1.23 bits per heavy atom. The molecule has 2 aliphatic heterocycles. The second-order valence-electron chi connectivity index (χ2n) is 7.49. The number of hydrogen-bond acceptors (Lipinski definition) is 6. The molecule has 3 aromatic rings. The Balaban J connectivity index is 1.68. The molecule has 0 spiro atoms. The number of carbonyl (C=O) groups is 2. The summed E-state index contributed by atoms with van der Waals surface area (Å²) in [5, 5.41) is 13.9. The maximum atomic E-state index is 13.1. The maximum absolute atomic E-state index is 13.1. The van der Waals surface area contributed by atoms with Crippen molar-refractivity contribution >= 4 is 45.5 Å². The van der Waals surface area contributed by atoms with Crippen molar-refractivity contribution in [3.8, 4) is 5.75 Å². The summed E-state index contributed by atoms with van der Waals surface area (Å²) in [6.45, 7) is 1.97. The Hall–Kier alpha value is -3.16. The van der Waals surface area contributed by atoms with Crippen molar-refractivity contribution in [1.82, 2.24) is 4.98 Å². The number of hydrogen-bond donors (Lipinski definition) is 1. The summed E-state index contributed by atoms with van der Waals surface area (Å²) in [4.78, 5) is 31.6. The van der Waals surface area contributed by atoms with Crippen LogP contribution in [0.1, 0.15) is 29.7 Å². The van der Waals surface area contributed by atoms with Gasteiger partial charge < -0.3 is 9.84 Å². The van der Waals surface area contributed by atoms with Gasteiger partial charge in [-0.25, -0.2) is 4.98 Å². The lowest BCUT2D eigenvalue weighted by molar-refractivity contribution is -0.132. The van der Waals surface area contributed by atoms with Crippen molar-refractivity contribution in [2.24, 2.45) is 0 Å². The standard InChI is InChI=1S/C23H17ClN2O4S/c1-12-10-15-11-14(4-7-17(15)30-12)20(27)18-19(13-2-5-16(24)6-3-13)26(22(29)21(18)28)23-25-8-9-31-23/h2-9,11-12,19,27H,10H2,1H3/t12-,19+/m0/s1. The Kier molecular flexibility index (Phi) is 4.79. The quantitative estimate of drug-likeness (QED) is 0.352. The molecule has 8 heteroatoms. The number of anilines is 1. The number of ketones is 1. The summed E-state index contributed by atoms with van der Waals surface area (Å²) in [6.07, 6.45) is 2.33. The SMILES string of the molecule is C[C@H]1Cc2cc(C(O)=C3C(=O)C(=O)N(c4nccs4)[C@@H]3c3ccc(Cl)cc3)ccc2O1. The smallest absolute Gasteiger partial charge is 0.301 e. The number of Topliss-reactive ketones (excluding diaryl/α,β-unsaturated/α-hetero) is 1. The van der Waals surface area contributed by atoms with Crippen LogP contribution in [0.3, 0.4) is 0 Å². The second kappa shape index (κ2) is 7.51. The van der Waals surface area contributed by atoms with E-state index in [0.717, 1.165) is 11.3 Å². The highest BCUT2D eigenvalue weighted by Crippen LogP contribution is 2.43. The zero-order valence-corrected chi connectivity index (χ0v) is 18.0. The fourth-order valence-corrected chi connectivity index (χ4v) is 4.84. The summed E-state index contributed by atoms with van der Waals surface area (Å²) in [5.74, 6) is -0.937. The molecule has 1 N–H and O–H groups in total. The third kappa shape index (κ3) is 3.30. The van der Waals surface area contributed by atoms with Crippen LogP contribution in [0.4, 0.5) is 5.13 Å². The third-order valence-corrected chi connectivity index (χ3v) is 6.45. The number of halogens is 1. The van der Waals surface area contributed by atoms with Gasteiger partial charge in [-0.3, -0.25) is 14.5 Å². The van der Waals surface area contributed by atoms with Gasteiger partial charge in [0, 0.05) is 28.6 Å². The molecule has 2 aliphatic rings. The van der Waals surface area contributed by atoms with E-state index < -0.39 is 17.7 Å². The van der Waals surface area contributed by atoms with Crippen molar-refractivity contribution in [3.05, 3.63) is 81.3 Å². The maximum Gasteiger partial charge on any atom is 0.301 e. The van der Waals surface area contributed by atoms with E-state index in [0.29, 0.717) is 27.7 Å². The van der Waals surface area contributed by atoms with Crippen molar-refractivity contribution < 1.29 is 19.4 Å². The largest absolute Gasteiger partial charge is 0.507 e. The van der Waals surface area contributed by atoms with Crippen LogP contribution in [0, 0.1) is 0 Å². The molecule has 2 atom stereocenters. The van der Waals surface area contributed by atoms with Gasteiger partial charge in [0.2, 0.25) is 0 Å². The predicted molar refractivity (Wildman–Crippen MR) is 119 cm³/mol. The van der Waals surface area contributed by atoms with Crippen LogP contribution in [-0.2, 0) is 16.0 Å². The minimum absolute atomic E-state index is 0.0226. The van der Waals surface area contributed by atoms with Gasteiger partial charge in [0.15, 0.2) is 5.13 Å². The van der Waals surface area contributed by atoms with Gasteiger partial charge in [-0.15, -0.1) is 11.3 Å². The number of nitrogens with zero attached hydrogens (tertiary/aromatic N) is 2. The molecule has 31 heavy (non-hydrogen) atoms. The van der Waals surface area contributed by atoms with Crippen LogP contribution in [0.25, 0.3) is 5.76 Å². The minimum atomic E-state index is -0.813. The van der Waals surface area contributed by atoms with Crippen LogP contribution in [0.2, 0.25) is 5.02 Å². The molecule has 1 saturated heterocycles. The van der Waals surface area contributed by atoms with Gasteiger partial charge >= 0.3 is 5.91 Å². The molecular formula is C23H17ClN2O4S. The summed E-state index contributed by atoms with van der Waals surface area (Å²) in [5.41, 5.74) is 2.09. The molecule has 156 valence electrons. The number of carbonyl (C=O) groups excluding carboxylic acids is 2. The lowest BCUT2D eigenvalue weighted by atomic mass is 9.94. The van der Waals surface area contributed by atoms with Gasteiger partial charge in [-0.05, 0) is 48.4 Å². The Bertz CT molecular complexity index is 1220. The normalized spacial score (nSPS) is 21.9. The predicted octanol–water partition coefficient (Wildman–Crippen LogP) is 4.75. The first-order valence-corrected chi connectivity index (χ1v) is 11.0. The Labute approximate surface area is 187 Å². The minimum Gasteiger partial charge on any atom is -0.507 e. The monoisotopic (exact) mass is 452 g/mol. The number of rotatable bonds is 3. The van der Waals surface area contributed by atoms with Crippen molar-refractivity contribution in [1.29, 1.82) is 0 Å². The first kappa shape index (κ1) is 19.8. The van der Waals surface area contributed by atoms with Gasteiger partial charge in [-0.1, -0.05) is 23.7 Å². The van der Waals surface area contributed by atoms with Crippen LogP contribution >= 0.6 is 22.9 Å². The average Bonchev–Trinajstić information content (AvgIpc) is 3.46. The number of aromatic nitrogens is 1. The van der Waals surface area contributed by atoms with Gasteiger partial charge in [-0.2, -0.15) is 0 Å². The van der Waals surface area contributed by atoms with Crippen molar-refractivity contribution in [3.63, 3.8) is 0 Å². The first-order chi connectivity index (χ1) is 14.9. The summed E-state index contributed by atoms with van der Waals surface area (Å²) >= 11 is 7.29. The Morgan fingerprint density at radius 2 is 2.00 bits per heavy atom. The molecule has 0 unspecified atom stereocenters. The van der Waals surface area contributed by atoms with E-state index in [1.165, 1.54) is 16.2 Å². The molecule has 6 nitrogen and oxygen atoms in total. The molecule has 0 bridgehead atoms.